The number of carbonyl (C=O) groups is 1. The van der Waals surface area contributed by atoms with Crippen LogP contribution in [0.3, 0.4) is 0 Å². The third-order valence-corrected chi connectivity index (χ3v) is 4.10. The lowest BCUT2D eigenvalue weighted by Crippen LogP contribution is -2.11. The molecule has 0 bridgehead atoms. The van der Waals surface area contributed by atoms with Crippen molar-refractivity contribution in [2.24, 2.45) is 0 Å². The first-order valence-electron chi connectivity index (χ1n) is 6.19. The SMILES string of the molecule is O=C(Nc1ccc(Br)cc1)c1snnc1-c1ccccc1. The van der Waals surface area contributed by atoms with Crippen molar-refractivity contribution in [1.29, 1.82) is 0 Å². The maximum atomic E-state index is 12.4. The Morgan fingerprint density at radius 1 is 1.05 bits per heavy atom. The fourth-order valence-electron chi connectivity index (χ4n) is 1.85. The van der Waals surface area contributed by atoms with E-state index in [1.807, 2.05) is 54.6 Å². The molecule has 21 heavy (non-hydrogen) atoms. The van der Waals surface area contributed by atoms with Crippen molar-refractivity contribution in [2.45, 2.75) is 0 Å². The van der Waals surface area contributed by atoms with Gasteiger partial charge in [-0.25, -0.2) is 0 Å². The third kappa shape index (κ3) is 3.17. The third-order valence-electron chi connectivity index (χ3n) is 2.84. The first-order valence-corrected chi connectivity index (χ1v) is 7.75. The molecule has 3 aromatic rings. The fourth-order valence-corrected chi connectivity index (χ4v) is 2.69. The summed E-state index contributed by atoms with van der Waals surface area (Å²) < 4.78 is 4.86. The summed E-state index contributed by atoms with van der Waals surface area (Å²) in [6, 6.07) is 17.0. The van der Waals surface area contributed by atoms with Gasteiger partial charge in [-0.05, 0) is 35.8 Å². The molecule has 0 spiro atoms. The highest BCUT2D eigenvalue weighted by Gasteiger charge is 2.17. The smallest absolute Gasteiger partial charge is 0.269 e. The number of carbonyl (C=O) groups excluding carboxylic acids is 1. The van der Waals surface area contributed by atoms with Gasteiger partial charge in [0.05, 0.1) is 0 Å². The maximum absolute atomic E-state index is 12.4. The van der Waals surface area contributed by atoms with E-state index in [0.717, 1.165) is 27.3 Å². The Morgan fingerprint density at radius 3 is 2.48 bits per heavy atom. The number of hydrogen-bond donors (Lipinski definition) is 1. The van der Waals surface area contributed by atoms with Crippen molar-refractivity contribution >= 4 is 39.1 Å². The van der Waals surface area contributed by atoms with Crippen LogP contribution in [0.15, 0.2) is 59.1 Å². The average molecular weight is 360 g/mol. The van der Waals surface area contributed by atoms with Crippen LogP contribution in [0.4, 0.5) is 5.69 Å². The molecule has 0 aliphatic carbocycles. The summed E-state index contributed by atoms with van der Waals surface area (Å²) in [5, 5.41) is 6.92. The summed E-state index contributed by atoms with van der Waals surface area (Å²) in [5.74, 6) is -0.203. The van der Waals surface area contributed by atoms with Crippen molar-refractivity contribution in [1.82, 2.24) is 9.59 Å². The van der Waals surface area contributed by atoms with Crippen LogP contribution < -0.4 is 5.32 Å². The van der Waals surface area contributed by atoms with Crippen LogP contribution in [0, 0.1) is 0 Å². The quantitative estimate of drug-likeness (QED) is 0.761. The van der Waals surface area contributed by atoms with Crippen molar-refractivity contribution in [3.8, 4) is 11.3 Å². The average Bonchev–Trinajstić information content (AvgIpc) is 3.00. The normalized spacial score (nSPS) is 10.3. The molecule has 6 heteroatoms. The molecule has 3 rings (SSSR count). The molecule has 0 saturated heterocycles. The second-order valence-electron chi connectivity index (χ2n) is 4.28. The van der Waals surface area contributed by atoms with E-state index in [2.05, 4.69) is 30.8 Å². The lowest BCUT2D eigenvalue weighted by atomic mass is 10.1. The molecule has 0 aliphatic heterocycles. The van der Waals surface area contributed by atoms with Gasteiger partial charge in [-0.1, -0.05) is 50.8 Å². The molecule has 4 nitrogen and oxygen atoms in total. The van der Waals surface area contributed by atoms with Crippen LogP contribution in [-0.2, 0) is 0 Å². The van der Waals surface area contributed by atoms with E-state index in [1.165, 1.54) is 0 Å². The van der Waals surface area contributed by atoms with E-state index in [1.54, 1.807) is 0 Å². The second kappa shape index (κ2) is 6.15. The van der Waals surface area contributed by atoms with Gasteiger partial charge in [0.2, 0.25) is 0 Å². The van der Waals surface area contributed by atoms with Gasteiger partial charge in [0.25, 0.3) is 5.91 Å². The molecule has 0 atom stereocenters. The Kier molecular flexibility index (Phi) is 4.08. The number of halogens is 1. The highest BCUT2D eigenvalue weighted by Crippen LogP contribution is 2.24. The monoisotopic (exact) mass is 359 g/mol. The number of aromatic nitrogens is 2. The summed E-state index contributed by atoms with van der Waals surface area (Å²) in [6.07, 6.45) is 0. The number of benzene rings is 2. The van der Waals surface area contributed by atoms with E-state index < -0.39 is 0 Å². The highest BCUT2D eigenvalue weighted by atomic mass is 79.9. The van der Waals surface area contributed by atoms with Crippen molar-refractivity contribution < 1.29 is 4.79 Å². The van der Waals surface area contributed by atoms with Gasteiger partial charge in [-0.15, -0.1) is 5.10 Å². The predicted octanol–water partition coefficient (Wildman–Crippen LogP) is 4.22. The molecule has 0 unspecified atom stereocenters. The van der Waals surface area contributed by atoms with E-state index >= 15 is 0 Å². The number of nitrogens with zero attached hydrogens (tertiary/aromatic N) is 2. The van der Waals surface area contributed by atoms with Gasteiger partial charge in [0, 0.05) is 15.7 Å². The maximum Gasteiger partial charge on any atom is 0.269 e. The Bertz CT molecular complexity index is 756. The zero-order valence-corrected chi connectivity index (χ0v) is 13.2. The molecule has 0 aliphatic rings. The second-order valence-corrected chi connectivity index (χ2v) is 5.95. The lowest BCUT2D eigenvalue weighted by Gasteiger charge is -2.04. The Balaban J connectivity index is 1.86. The molecule has 1 heterocycles. The largest absolute Gasteiger partial charge is 0.321 e. The minimum atomic E-state index is -0.203. The van der Waals surface area contributed by atoms with Crippen LogP contribution in [0.1, 0.15) is 9.67 Å². The molecule has 0 fully saturated rings. The predicted molar refractivity (Wildman–Crippen MR) is 87.4 cm³/mol. The van der Waals surface area contributed by atoms with E-state index in [9.17, 15) is 4.79 Å². The van der Waals surface area contributed by atoms with Crippen LogP contribution in [-0.4, -0.2) is 15.5 Å². The first-order chi connectivity index (χ1) is 10.2. The number of nitrogens with one attached hydrogen (secondary N) is 1. The van der Waals surface area contributed by atoms with E-state index in [4.69, 9.17) is 0 Å². The van der Waals surface area contributed by atoms with Gasteiger partial charge < -0.3 is 5.32 Å². The minimum absolute atomic E-state index is 0.203. The Morgan fingerprint density at radius 2 is 1.76 bits per heavy atom. The molecule has 1 aromatic heterocycles. The summed E-state index contributed by atoms with van der Waals surface area (Å²) in [6.45, 7) is 0. The van der Waals surface area contributed by atoms with Crippen LogP contribution in [0.5, 0.6) is 0 Å². The topological polar surface area (TPSA) is 54.9 Å². The Labute approximate surface area is 134 Å². The summed E-state index contributed by atoms with van der Waals surface area (Å²) in [7, 11) is 0. The van der Waals surface area contributed by atoms with Gasteiger partial charge in [0.1, 0.15) is 10.6 Å². The molecule has 0 saturated carbocycles. The van der Waals surface area contributed by atoms with Gasteiger partial charge in [-0.3, -0.25) is 4.79 Å². The van der Waals surface area contributed by atoms with Crippen molar-refractivity contribution in [3.05, 3.63) is 63.9 Å². The molecular formula is C15H10BrN3OS. The van der Waals surface area contributed by atoms with E-state index in [-0.39, 0.29) is 5.91 Å². The first kappa shape index (κ1) is 13.9. The van der Waals surface area contributed by atoms with Crippen LogP contribution in [0.2, 0.25) is 0 Å². The van der Waals surface area contributed by atoms with Gasteiger partial charge >= 0.3 is 0 Å². The Hall–Kier alpha value is -2.05. The molecule has 1 amide bonds. The van der Waals surface area contributed by atoms with Crippen LogP contribution in [0.25, 0.3) is 11.3 Å². The lowest BCUT2D eigenvalue weighted by molar-refractivity contribution is 0.103. The van der Waals surface area contributed by atoms with Crippen molar-refractivity contribution in [2.75, 3.05) is 5.32 Å². The molecule has 2 aromatic carbocycles. The highest BCUT2D eigenvalue weighted by molar-refractivity contribution is 9.10. The number of rotatable bonds is 3. The van der Waals surface area contributed by atoms with Gasteiger partial charge in [-0.2, -0.15) is 0 Å². The minimum Gasteiger partial charge on any atom is -0.321 e. The molecule has 1 N–H and O–H groups in total. The zero-order chi connectivity index (χ0) is 14.7. The number of hydrogen-bond acceptors (Lipinski definition) is 4. The summed E-state index contributed by atoms with van der Waals surface area (Å²) in [5.41, 5.74) is 2.22. The number of amides is 1. The van der Waals surface area contributed by atoms with Crippen LogP contribution >= 0.6 is 27.5 Å². The van der Waals surface area contributed by atoms with Crippen molar-refractivity contribution in [3.63, 3.8) is 0 Å². The standard InChI is InChI=1S/C15H10BrN3OS/c16-11-6-8-12(9-7-11)17-15(20)14-13(18-19-21-14)10-4-2-1-3-5-10/h1-9H,(H,17,20). The zero-order valence-electron chi connectivity index (χ0n) is 10.8. The molecule has 0 radical (unpaired) electrons. The molecular weight excluding hydrogens is 350 g/mol. The number of anilines is 1. The fraction of sp³-hybridized carbons (Fsp3) is 0. The van der Waals surface area contributed by atoms with E-state index in [0.29, 0.717) is 10.6 Å². The molecule has 104 valence electrons. The summed E-state index contributed by atoms with van der Waals surface area (Å²) in [4.78, 5) is 12.9. The van der Waals surface area contributed by atoms with Gasteiger partial charge in [0.15, 0.2) is 0 Å². The summed E-state index contributed by atoms with van der Waals surface area (Å²) >= 11 is 4.45.